The molecule has 0 aromatic heterocycles. The highest BCUT2D eigenvalue weighted by Gasteiger charge is 2.16. The topological polar surface area (TPSA) is 55.1 Å². The van der Waals surface area contributed by atoms with E-state index < -0.39 is 0 Å². The Hall–Kier alpha value is -1.51. The zero-order valence-electron chi connectivity index (χ0n) is 10.8. The van der Waals surface area contributed by atoms with Crippen molar-refractivity contribution in [2.75, 3.05) is 5.73 Å². The Morgan fingerprint density at radius 2 is 1.89 bits per heavy atom. The normalized spacial score (nSPS) is 15.8. The number of nitrogens with one attached hydrogen (secondary N) is 1. The molecular weight excluding hydrogens is 224 g/mol. The van der Waals surface area contributed by atoms with Crippen molar-refractivity contribution in [3.05, 3.63) is 29.8 Å². The first-order valence-corrected chi connectivity index (χ1v) is 6.88. The summed E-state index contributed by atoms with van der Waals surface area (Å²) in [4.78, 5) is 11.7. The number of carbonyl (C=O) groups excluding carboxylic acids is 1. The fourth-order valence-electron chi connectivity index (χ4n) is 2.51. The first kappa shape index (κ1) is 12.9. The second-order valence-corrected chi connectivity index (χ2v) is 5.14. The minimum Gasteiger partial charge on any atom is -0.399 e. The summed E-state index contributed by atoms with van der Waals surface area (Å²) in [5.74, 6) is 0.206. The lowest BCUT2D eigenvalue weighted by atomic mass is 10.1. The Morgan fingerprint density at radius 3 is 2.56 bits per heavy atom. The van der Waals surface area contributed by atoms with Crippen molar-refractivity contribution in [3.8, 4) is 0 Å². The summed E-state index contributed by atoms with van der Waals surface area (Å²) in [5, 5.41) is 3.12. The van der Waals surface area contributed by atoms with E-state index in [0.717, 1.165) is 31.4 Å². The Balaban J connectivity index is 1.65. The first-order chi connectivity index (χ1) is 8.74. The highest BCUT2D eigenvalue weighted by atomic mass is 16.1. The second-order valence-electron chi connectivity index (χ2n) is 5.14. The highest BCUT2D eigenvalue weighted by Crippen LogP contribution is 2.17. The van der Waals surface area contributed by atoms with Crippen molar-refractivity contribution in [1.29, 1.82) is 0 Å². The van der Waals surface area contributed by atoms with Crippen molar-refractivity contribution in [1.82, 2.24) is 5.32 Å². The summed E-state index contributed by atoms with van der Waals surface area (Å²) in [6.07, 6.45) is 7.31. The lowest BCUT2D eigenvalue weighted by molar-refractivity contribution is -0.121. The van der Waals surface area contributed by atoms with Gasteiger partial charge in [-0.2, -0.15) is 0 Å². The molecule has 1 aliphatic rings. The maximum Gasteiger partial charge on any atom is 0.220 e. The van der Waals surface area contributed by atoms with Crippen molar-refractivity contribution in [3.63, 3.8) is 0 Å². The van der Waals surface area contributed by atoms with Crippen molar-refractivity contribution in [2.45, 2.75) is 51.0 Å². The lowest BCUT2D eigenvalue weighted by Gasteiger charge is -2.11. The summed E-state index contributed by atoms with van der Waals surface area (Å²) in [7, 11) is 0. The van der Waals surface area contributed by atoms with Crippen molar-refractivity contribution in [2.24, 2.45) is 0 Å². The molecule has 0 unspecified atom stereocenters. The van der Waals surface area contributed by atoms with Crippen LogP contribution in [-0.2, 0) is 11.2 Å². The van der Waals surface area contributed by atoms with Gasteiger partial charge in [0.15, 0.2) is 0 Å². The molecule has 1 aliphatic carbocycles. The third-order valence-electron chi connectivity index (χ3n) is 3.57. The molecule has 18 heavy (non-hydrogen) atoms. The average molecular weight is 246 g/mol. The van der Waals surface area contributed by atoms with Gasteiger partial charge in [0.2, 0.25) is 5.91 Å². The van der Waals surface area contributed by atoms with E-state index in [-0.39, 0.29) is 5.91 Å². The Kier molecular flexibility index (Phi) is 4.62. The van der Waals surface area contributed by atoms with E-state index in [1.165, 1.54) is 18.4 Å². The Bertz CT molecular complexity index is 380. The number of benzene rings is 1. The second kappa shape index (κ2) is 6.43. The van der Waals surface area contributed by atoms with Crippen LogP contribution in [0, 0.1) is 0 Å². The van der Waals surface area contributed by atoms with Crippen LogP contribution in [0.1, 0.15) is 44.1 Å². The van der Waals surface area contributed by atoms with Crippen LogP contribution in [0.25, 0.3) is 0 Å². The zero-order valence-corrected chi connectivity index (χ0v) is 10.8. The molecule has 0 spiro atoms. The first-order valence-electron chi connectivity index (χ1n) is 6.88. The van der Waals surface area contributed by atoms with Crippen LogP contribution in [0.3, 0.4) is 0 Å². The molecule has 0 atom stereocenters. The van der Waals surface area contributed by atoms with Gasteiger partial charge in [0, 0.05) is 18.2 Å². The Labute approximate surface area is 109 Å². The van der Waals surface area contributed by atoms with Crippen molar-refractivity contribution < 1.29 is 4.79 Å². The van der Waals surface area contributed by atoms with E-state index in [9.17, 15) is 4.79 Å². The van der Waals surface area contributed by atoms with Crippen LogP contribution >= 0.6 is 0 Å². The molecule has 0 heterocycles. The molecule has 98 valence electrons. The number of anilines is 1. The highest BCUT2D eigenvalue weighted by molar-refractivity contribution is 5.76. The minimum atomic E-state index is 0.206. The van der Waals surface area contributed by atoms with Gasteiger partial charge < -0.3 is 11.1 Å². The van der Waals surface area contributed by atoms with Crippen LogP contribution in [0.5, 0.6) is 0 Å². The van der Waals surface area contributed by atoms with Gasteiger partial charge in [-0.15, -0.1) is 0 Å². The van der Waals surface area contributed by atoms with Gasteiger partial charge in [-0.05, 0) is 43.4 Å². The third-order valence-corrected chi connectivity index (χ3v) is 3.57. The molecule has 3 nitrogen and oxygen atoms in total. The van der Waals surface area contributed by atoms with Gasteiger partial charge in [0.1, 0.15) is 0 Å². The van der Waals surface area contributed by atoms with Gasteiger partial charge in [0.25, 0.3) is 0 Å². The van der Waals surface area contributed by atoms with Crippen LogP contribution < -0.4 is 11.1 Å². The molecule has 0 radical (unpaired) electrons. The minimum absolute atomic E-state index is 0.206. The van der Waals surface area contributed by atoms with Crippen LogP contribution in [0.4, 0.5) is 5.69 Å². The molecule has 3 N–H and O–H groups in total. The molecular formula is C15H22N2O. The maximum atomic E-state index is 11.7. The lowest BCUT2D eigenvalue weighted by Crippen LogP contribution is -2.32. The molecule has 1 fully saturated rings. The van der Waals surface area contributed by atoms with E-state index in [4.69, 9.17) is 5.73 Å². The van der Waals surface area contributed by atoms with Gasteiger partial charge >= 0.3 is 0 Å². The molecule has 1 amide bonds. The van der Waals surface area contributed by atoms with E-state index in [0.29, 0.717) is 12.5 Å². The molecule has 3 heteroatoms. The number of hydrogen-bond acceptors (Lipinski definition) is 2. The molecule has 0 aliphatic heterocycles. The van der Waals surface area contributed by atoms with Gasteiger partial charge in [-0.25, -0.2) is 0 Å². The molecule has 0 bridgehead atoms. The molecule has 2 rings (SSSR count). The number of carbonyl (C=O) groups is 1. The standard InChI is InChI=1S/C15H22N2O/c16-13-10-8-12(9-11-13)4-3-7-15(18)17-14-5-1-2-6-14/h8-11,14H,1-7,16H2,(H,17,18). The van der Waals surface area contributed by atoms with Crippen LogP contribution in [0.2, 0.25) is 0 Å². The number of rotatable bonds is 5. The zero-order chi connectivity index (χ0) is 12.8. The quantitative estimate of drug-likeness (QED) is 0.785. The van der Waals surface area contributed by atoms with E-state index in [1.807, 2.05) is 24.3 Å². The summed E-state index contributed by atoms with van der Waals surface area (Å²) < 4.78 is 0. The smallest absolute Gasteiger partial charge is 0.220 e. The summed E-state index contributed by atoms with van der Waals surface area (Å²) >= 11 is 0. The molecule has 0 saturated heterocycles. The number of amides is 1. The van der Waals surface area contributed by atoms with E-state index >= 15 is 0 Å². The number of aryl methyl sites for hydroxylation is 1. The number of nitrogens with two attached hydrogens (primary N) is 1. The van der Waals surface area contributed by atoms with Gasteiger partial charge in [-0.1, -0.05) is 25.0 Å². The molecule has 1 saturated carbocycles. The fourth-order valence-corrected chi connectivity index (χ4v) is 2.51. The molecule has 1 aromatic carbocycles. The number of nitrogen functional groups attached to an aromatic ring is 1. The van der Waals surface area contributed by atoms with Crippen molar-refractivity contribution >= 4 is 11.6 Å². The fraction of sp³-hybridized carbons (Fsp3) is 0.533. The number of hydrogen-bond donors (Lipinski definition) is 2. The molecule has 1 aromatic rings. The van der Waals surface area contributed by atoms with E-state index in [1.54, 1.807) is 0 Å². The predicted octanol–water partition coefficient (Wildman–Crippen LogP) is 2.65. The van der Waals surface area contributed by atoms with Crippen LogP contribution in [-0.4, -0.2) is 11.9 Å². The largest absolute Gasteiger partial charge is 0.399 e. The summed E-state index contributed by atoms with van der Waals surface area (Å²) in [6, 6.07) is 8.32. The average Bonchev–Trinajstić information content (AvgIpc) is 2.84. The Morgan fingerprint density at radius 1 is 1.22 bits per heavy atom. The van der Waals surface area contributed by atoms with Gasteiger partial charge in [0.05, 0.1) is 0 Å². The van der Waals surface area contributed by atoms with E-state index in [2.05, 4.69) is 5.32 Å². The SMILES string of the molecule is Nc1ccc(CCCC(=O)NC2CCCC2)cc1. The third kappa shape index (κ3) is 4.06. The monoisotopic (exact) mass is 246 g/mol. The van der Waals surface area contributed by atoms with Crippen LogP contribution in [0.15, 0.2) is 24.3 Å². The van der Waals surface area contributed by atoms with Gasteiger partial charge in [-0.3, -0.25) is 4.79 Å². The predicted molar refractivity (Wildman–Crippen MR) is 74.2 cm³/mol. The summed E-state index contributed by atoms with van der Waals surface area (Å²) in [5.41, 5.74) is 7.67. The maximum absolute atomic E-state index is 11.7. The summed E-state index contributed by atoms with van der Waals surface area (Å²) in [6.45, 7) is 0.